The molecule has 1 aliphatic heterocycles. The highest BCUT2D eigenvalue weighted by molar-refractivity contribution is 5.95. The second kappa shape index (κ2) is 5.58. The largest absolute Gasteiger partial charge is 0.375 e. The van der Waals surface area contributed by atoms with Gasteiger partial charge in [0.25, 0.3) is 11.6 Å². The Morgan fingerprint density at radius 3 is 2.80 bits per heavy atom. The van der Waals surface area contributed by atoms with Gasteiger partial charge in [-0.15, -0.1) is 0 Å². The van der Waals surface area contributed by atoms with Crippen molar-refractivity contribution >= 4 is 11.6 Å². The minimum absolute atomic E-state index is 0.0180. The Hall–Kier alpha value is -1.95. The number of benzene rings is 1. The zero-order valence-corrected chi connectivity index (χ0v) is 11.8. The predicted molar refractivity (Wildman–Crippen MR) is 73.7 cm³/mol. The van der Waals surface area contributed by atoms with Crippen LogP contribution >= 0.6 is 0 Å². The number of nitro benzene ring substituents is 1. The van der Waals surface area contributed by atoms with Crippen LogP contribution in [0.25, 0.3) is 0 Å². The van der Waals surface area contributed by atoms with Crippen molar-refractivity contribution in [1.29, 1.82) is 0 Å². The lowest BCUT2D eigenvalue weighted by atomic mass is 10.1. The third-order valence-corrected chi connectivity index (χ3v) is 3.52. The molecule has 0 radical (unpaired) electrons. The fraction of sp³-hybridized carbons (Fsp3) is 0.500. The summed E-state index contributed by atoms with van der Waals surface area (Å²) in [5.74, 6) is -0.184. The van der Waals surface area contributed by atoms with Gasteiger partial charge in [0.05, 0.1) is 23.7 Å². The maximum atomic E-state index is 12.5. The van der Waals surface area contributed by atoms with E-state index in [-0.39, 0.29) is 23.7 Å². The fourth-order valence-corrected chi connectivity index (χ4v) is 2.29. The summed E-state index contributed by atoms with van der Waals surface area (Å²) >= 11 is 0. The lowest BCUT2D eigenvalue weighted by Crippen LogP contribution is -2.50. The molecule has 2 atom stereocenters. The Morgan fingerprint density at radius 1 is 1.45 bits per heavy atom. The Kier molecular flexibility index (Phi) is 4.04. The molecular formula is C14H18N2O4. The van der Waals surface area contributed by atoms with E-state index in [0.717, 1.165) is 0 Å². The number of nitro groups is 1. The van der Waals surface area contributed by atoms with Crippen LogP contribution in [-0.2, 0) is 4.74 Å². The number of nitrogens with zero attached hydrogens (tertiary/aromatic N) is 2. The van der Waals surface area contributed by atoms with E-state index in [9.17, 15) is 14.9 Å². The van der Waals surface area contributed by atoms with Crippen LogP contribution in [0.4, 0.5) is 5.69 Å². The average Bonchev–Trinajstić information content (AvgIpc) is 2.41. The van der Waals surface area contributed by atoms with Crippen molar-refractivity contribution in [3.63, 3.8) is 0 Å². The summed E-state index contributed by atoms with van der Waals surface area (Å²) in [6, 6.07) is 4.57. The zero-order chi connectivity index (χ0) is 14.9. The maximum Gasteiger partial charge on any atom is 0.273 e. The summed E-state index contributed by atoms with van der Waals surface area (Å²) in [6.07, 6.45) is -0.0180. The lowest BCUT2D eigenvalue weighted by molar-refractivity contribution is -0.385. The number of hydrogen-bond donors (Lipinski definition) is 0. The molecule has 0 saturated carbocycles. The van der Waals surface area contributed by atoms with Crippen molar-refractivity contribution in [3.8, 4) is 0 Å². The normalized spacial score (nSPS) is 22.6. The summed E-state index contributed by atoms with van der Waals surface area (Å²) in [7, 11) is 0. The van der Waals surface area contributed by atoms with Crippen LogP contribution in [0.3, 0.4) is 0 Å². The molecule has 1 amide bonds. The van der Waals surface area contributed by atoms with E-state index < -0.39 is 4.92 Å². The smallest absolute Gasteiger partial charge is 0.273 e. The second-order valence-corrected chi connectivity index (χ2v) is 5.21. The molecule has 1 saturated heterocycles. The molecule has 108 valence electrons. The summed E-state index contributed by atoms with van der Waals surface area (Å²) in [5.41, 5.74) is 0.878. The SMILES string of the molecule is Cc1ccc(C(=O)N2C[C@H](C)OC[C@H]2C)cc1[N+](=O)[O-]. The molecule has 6 nitrogen and oxygen atoms in total. The van der Waals surface area contributed by atoms with Crippen LogP contribution in [0.15, 0.2) is 18.2 Å². The van der Waals surface area contributed by atoms with Crippen LogP contribution in [0.5, 0.6) is 0 Å². The van der Waals surface area contributed by atoms with Gasteiger partial charge in [0.2, 0.25) is 0 Å². The molecule has 1 aliphatic rings. The van der Waals surface area contributed by atoms with Crippen LogP contribution in [0, 0.1) is 17.0 Å². The summed E-state index contributed by atoms with van der Waals surface area (Å²) in [5, 5.41) is 10.9. The highest BCUT2D eigenvalue weighted by Crippen LogP contribution is 2.22. The van der Waals surface area contributed by atoms with Gasteiger partial charge in [-0.1, -0.05) is 6.07 Å². The molecule has 1 heterocycles. The highest BCUT2D eigenvalue weighted by atomic mass is 16.6. The molecule has 1 aromatic rings. The van der Waals surface area contributed by atoms with Crippen LogP contribution in [0.1, 0.15) is 29.8 Å². The summed E-state index contributed by atoms with van der Waals surface area (Å²) < 4.78 is 5.49. The van der Waals surface area contributed by atoms with Gasteiger partial charge in [0.15, 0.2) is 0 Å². The van der Waals surface area contributed by atoms with E-state index in [0.29, 0.717) is 24.3 Å². The first-order valence-electron chi connectivity index (χ1n) is 6.57. The predicted octanol–water partition coefficient (Wildman–Crippen LogP) is 2.15. The van der Waals surface area contributed by atoms with E-state index in [4.69, 9.17) is 4.74 Å². The van der Waals surface area contributed by atoms with E-state index in [1.54, 1.807) is 24.0 Å². The second-order valence-electron chi connectivity index (χ2n) is 5.21. The van der Waals surface area contributed by atoms with Crippen LogP contribution in [-0.4, -0.2) is 41.0 Å². The number of amides is 1. The first-order valence-corrected chi connectivity index (χ1v) is 6.57. The Bertz CT molecular complexity index is 544. The zero-order valence-electron chi connectivity index (χ0n) is 11.8. The van der Waals surface area contributed by atoms with Gasteiger partial charge >= 0.3 is 0 Å². The minimum Gasteiger partial charge on any atom is -0.375 e. The number of ether oxygens (including phenoxy) is 1. The lowest BCUT2D eigenvalue weighted by Gasteiger charge is -2.36. The third kappa shape index (κ3) is 2.80. The average molecular weight is 278 g/mol. The van der Waals surface area contributed by atoms with Crippen molar-refractivity contribution in [2.24, 2.45) is 0 Å². The van der Waals surface area contributed by atoms with E-state index in [1.165, 1.54) is 6.07 Å². The molecule has 0 aliphatic carbocycles. The molecule has 0 aromatic heterocycles. The molecular weight excluding hydrogens is 260 g/mol. The van der Waals surface area contributed by atoms with Crippen molar-refractivity contribution in [2.45, 2.75) is 32.9 Å². The number of rotatable bonds is 2. The van der Waals surface area contributed by atoms with Gasteiger partial charge in [-0.3, -0.25) is 14.9 Å². The molecule has 0 N–H and O–H groups in total. The molecule has 1 aromatic carbocycles. The molecule has 20 heavy (non-hydrogen) atoms. The number of aryl methyl sites for hydroxylation is 1. The molecule has 6 heteroatoms. The number of carbonyl (C=O) groups excluding carboxylic acids is 1. The third-order valence-electron chi connectivity index (χ3n) is 3.52. The van der Waals surface area contributed by atoms with Crippen molar-refractivity contribution in [3.05, 3.63) is 39.4 Å². The summed E-state index contributed by atoms with van der Waals surface area (Å²) in [4.78, 5) is 24.7. The minimum atomic E-state index is -0.461. The number of carbonyl (C=O) groups is 1. The van der Waals surface area contributed by atoms with Gasteiger partial charge in [-0.05, 0) is 26.8 Å². The van der Waals surface area contributed by atoms with Gasteiger partial charge in [-0.25, -0.2) is 0 Å². The van der Waals surface area contributed by atoms with Crippen LogP contribution < -0.4 is 0 Å². The van der Waals surface area contributed by atoms with Crippen LogP contribution in [0.2, 0.25) is 0 Å². The first-order chi connectivity index (χ1) is 9.40. The number of morpholine rings is 1. The fourth-order valence-electron chi connectivity index (χ4n) is 2.29. The van der Waals surface area contributed by atoms with Gasteiger partial charge < -0.3 is 9.64 Å². The van der Waals surface area contributed by atoms with E-state index in [2.05, 4.69) is 0 Å². The quantitative estimate of drug-likeness (QED) is 0.613. The monoisotopic (exact) mass is 278 g/mol. The number of hydrogen-bond acceptors (Lipinski definition) is 4. The van der Waals surface area contributed by atoms with E-state index >= 15 is 0 Å². The van der Waals surface area contributed by atoms with Crippen molar-refractivity contribution in [2.75, 3.05) is 13.2 Å². The summed E-state index contributed by atoms with van der Waals surface area (Å²) in [6.45, 7) is 6.46. The van der Waals surface area contributed by atoms with Crippen molar-refractivity contribution < 1.29 is 14.5 Å². The molecule has 0 unspecified atom stereocenters. The van der Waals surface area contributed by atoms with Gasteiger partial charge in [0, 0.05) is 23.7 Å². The Morgan fingerprint density at radius 2 is 2.15 bits per heavy atom. The molecule has 1 fully saturated rings. The Balaban J connectivity index is 2.29. The molecule has 0 bridgehead atoms. The topological polar surface area (TPSA) is 72.7 Å². The highest BCUT2D eigenvalue weighted by Gasteiger charge is 2.29. The Labute approximate surface area is 117 Å². The van der Waals surface area contributed by atoms with Gasteiger partial charge in [-0.2, -0.15) is 0 Å². The van der Waals surface area contributed by atoms with E-state index in [1.807, 2.05) is 13.8 Å². The first kappa shape index (κ1) is 14.5. The maximum absolute atomic E-state index is 12.5. The molecule has 2 rings (SSSR count). The standard InChI is InChI=1S/C14H18N2O4/c1-9-4-5-12(6-13(9)16(18)19)14(17)15-7-11(3)20-8-10(15)2/h4-6,10-11H,7-8H2,1-3H3/t10-,11+/m1/s1. The van der Waals surface area contributed by atoms with Gasteiger partial charge in [0.1, 0.15) is 0 Å². The molecule has 0 spiro atoms. The van der Waals surface area contributed by atoms with Crippen molar-refractivity contribution in [1.82, 2.24) is 4.90 Å².